The molecule has 4 bridgehead atoms. The van der Waals surface area contributed by atoms with Gasteiger partial charge in [0, 0.05) is 30.0 Å². The van der Waals surface area contributed by atoms with Gasteiger partial charge in [-0.1, -0.05) is 68.3 Å². The molecule has 1 N–H and O–H groups in total. The summed E-state index contributed by atoms with van der Waals surface area (Å²) < 4.78 is 20.2. The second-order valence-electron chi connectivity index (χ2n) is 12.8. The van der Waals surface area contributed by atoms with Crippen molar-refractivity contribution in [2.75, 3.05) is 20.7 Å². The van der Waals surface area contributed by atoms with Gasteiger partial charge in [-0.15, -0.1) is 0 Å². The van der Waals surface area contributed by atoms with E-state index >= 15 is 0 Å². The van der Waals surface area contributed by atoms with Crippen LogP contribution in [0.25, 0.3) is 0 Å². The fourth-order valence-electron chi connectivity index (χ4n) is 9.31. The van der Waals surface area contributed by atoms with E-state index in [0.717, 1.165) is 62.1 Å². The molecular formula is C33H41NO4. The van der Waals surface area contributed by atoms with Crippen molar-refractivity contribution in [2.45, 2.75) is 87.7 Å². The molecule has 0 radical (unpaired) electrons. The van der Waals surface area contributed by atoms with E-state index in [1.54, 1.807) is 0 Å². The van der Waals surface area contributed by atoms with E-state index in [0.29, 0.717) is 12.6 Å². The number of benzene rings is 2. The number of hydrogen-bond acceptors (Lipinski definition) is 5. The third-order valence-electron chi connectivity index (χ3n) is 11.1. The van der Waals surface area contributed by atoms with E-state index in [-0.39, 0.29) is 22.9 Å². The van der Waals surface area contributed by atoms with Crippen molar-refractivity contribution in [1.29, 1.82) is 0 Å². The van der Waals surface area contributed by atoms with Crippen LogP contribution >= 0.6 is 0 Å². The van der Waals surface area contributed by atoms with E-state index in [9.17, 15) is 5.11 Å². The molecule has 1 saturated heterocycles. The Kier molecular flexibility index (Phi) is 5.41. The average Bonchev–Trinajstić information content (AvgIpc) is 3.31. The Balaban J connectivity index is 1.39. The normalized spacial score (nSPS) is 37.4. The van der Waals surface area contributed by atoms with Gasteiger partial charge in [-0.25, -0.2) is 0 Å². The summed E-state index contributed by atoms with van der Waals surface area (Å²) in [6.07, 6.45) is 10.3. The summed E-state index contributed by atoms with van der Waals surface area (Å²) in [7, 11) is 4.10. The van der Waals surface area contributed by atoms with E-state index < -0.39 is 11.2 Å². The van der Waals surface area contributed by atoms with Crippen molar-refractivity contribution in [3.8, 4) is 11.5 Å². The largest absolute Gasteiger partial charge is 0.485 e. The van der Waals surface area contributed by atoms with Gasteiger partial charge in [-0.3, -0.25) is 0 Å². The Bertz CT molecular complexity index is 1270. The summed E-state index contributed by atoms with van der Waals surface area (Å²) in [5.41, 5.74) is 2.06. The van der Waals surface area contributed by atoms with Gasteiger partial charge in [0.15, 0.2) is 11.5 Å². The first-order valence-electron chi connectivity index (χ1n) is 14.5. The fourth-order valence-corrected chi connectivity index (χ4v) is 9.31. The minimum Gasteiger partial charge on any atom is -0.485 e. The number of piperidine rings is 1. The lowest BCUT2D eigenvalue weighted by Gasteiger charge is -2.72. The van der Waals surface area contributed by atoms with Gasteiger partial charge in [0.05, 0.1) is 11.0 Å². The van der Waals surface area contributed by atoms with Crippen molar-refractivity contribution in [1.82, 2.24) is 4.90 Å². The monoisotopic (exact) mass is 515 g/mol. The lowest BCUT2D eigenvalue weighted by molar-refractivity contribution is -0.247. The number of nitrogens with zero attached hydrogens (tertiary/aromatic N) is 1. The molecule has 7 atom stereocenters. The molecule has 0 amide bonds. The highest BCUT2D eigenvalue weighted by Crippen LogP contribution is 2.75. The Hall–Kier alpha value is -2.34. The molecule has 0 aromatic heterocycles. The number of likely N-dealkylation sites (tertiary alicyclic amines) is 1. The van der Waals surface area contributed by atoms with Crippen LogP contribution in [0.15, 0.2) is 54.6 Å². The maximum Gasteiger partial charge on any atom is 0.166 e. The molecule has 202 valence electrons. The van der Waals surface area contributed by atoms with Crippen LogP contribution < -0.4 is 9.47 Å². The smallest absolute Gasteiger partial charge is 0.166 e. The SMILES string of the molecule is CCCC[C@@](C)(O)[C@H]1CC23C=C[C@@]1(OC)[C@@H]1Oc4c(OCc5ccccc5)ccc5c4[C@@]12CCN(C)[C@@H]3C5. The summed E-state index contributed by atoms with van der Waals surface area (Å²) in [5, 5.41) is 12.0. The molecule has 5 nitrogen and oxygen atoms in total. The van der Waals surface area contributed by atoms with Gasteiger partial charge >= 0.3 is 0 Å². The highest BCUT2D eigenvalue weighted by atomic mass is 16.6. The molecule has 8 rings (SSSR count). The van der Waals surface area contributed by atoms with Crippen LogP contribution in [0.1, 0.15) is 62.6 Å². The minimum absolute atomic E-state index is 0.0479. The number of ether oxygens (including phenoxy) is 3. The number of hydrogen-bond donors (Lipinski definition) is 1. The third kappa shape index (κ3) is 2.93. The van der Waals surface area contributed by atoms with Gasteiger partial charge in [-0.05, 0) is 63.4 Å². The topological polar surface area (TPSA) is 51.2 Å². The van der Waals surface area contributed by atoms with Gasteiger partial charge in [0.1, 0.15) is 18.3 Å². The molecule has 6 aliphatic rings. The molecule has 2 aromatic rings. The van der Waals surface area contributed by atoms with E-state index in [2.05, 4.69) is 55.3 Å². The quantitative estimate of drug-likeness (QED) is 0.476. The molecule has 2 aliphatic heterocycles. The first kappa shape index (κ1) is 24.7. The summed E-state index contributed by atoms with van der Waals surface area (Å²) in [6.45, 7) is 5.77. The summed E-state index contributed by atoms with van der Waals surface area (Å²) >= 11 is 0. The number of unbranched alkanes of at least 4 members (excludes halogenated alkanes) is 1. The average molecular weight is 516 g/mol. The zero-order chi connectivity index (χ0) is 26.3. The second kappa shape index (κ2) is 8.33. The van der Waals surface area contributed by atoms with Crippen molar-refractivity contribution >= 4 is 0 Å². The Morgan fingerprint density at radius 3 is 2.74 bits per heavy atom. The summed E-state index contributed by atoms with van der Waals surface area (Å²) in [4.78, 5) is 2.57. The molecular weight excluding hydrogens is 474 g/mol. The molecule has 2 spiro atoms. The van der Waals surface area contributed by atoms with Crippen LogP contribution in [0.4, 0.5) is 0 Å². The molecule has 38 heavy (non-hydrogen) atoms. The van der Waals surface area contributed by atoms with Crippen molar-refractivity contribution in [3.05, 3.63) is 71.3 Å². The lowest BCUT2D eigenvalue weighted by atomic mass is 9.36. The van der Waals surface area contributed by atoms with Crippen molar-refractivity contribution in [3.63, 3.8) is 0 Å². The van der Waals surface area contributed by atoms with Crippen LogP contribution in [-0.4, -0.2) is 54.1 Å². The third-order valence-corrected chi connectivity index (χ3v) is 11.1. The highest BCUT2D eigenvalue weighted by molar-refractivity contribution is 5.65. The van der Waals surface area contributed by atoms with E-state index in [1.807, 2.05) is 32.2 Å². The molecule has 1 unspecified atom stereocenters. The first-order valence-corrected chi connectivity index (χ1v) is 14.5. The predicted octanol–water partition coefficient (Wildman–Crippen LogP) is 5.43. The molecule has 2 heterocycles. The highest BCUT2D eigenvalue weighted by Gasteiger charge is 2.80. The number of methoxy groups -OCH3 is 1. The van der Waals surface area contributed by atoms with Crippen LogP contribution in [0.5, 0.6) is 11.5 Å². The first-order chi connectivity index (χ1) is 18.3. The molecule has 1 saturated carbocycles. The lowest BCUT2D eigenvalue weighted by Crippen LogP contribution is -2.80. The van der Waals surface area contributed by atoms with Crippen LogP contribution in [-0.2, 0) is 23.2 Å². The maximum absolute atomic E-state index is 12.0. The Labute approximate surface area is 226 Å². The molecule has 2 aromatic carbocycles. The number of fused-ring (bicyclic) bond motifs is 1. The zero-order valence-corrected chi connectivity index (χ0v) is 23.2. The van der Waals surface area contributed by atoms with E-state index in [4.69, 9.17) is 14.2 Å². The number of likely N-dealkylation sites (N-methyl/N-ethyl adjacent to an activating group) is 1. The van der Waals surface area contributed by atoms with Crippen molar-refractivity contribution < 1.29 is 19.3 Å². The Morgan fingerprint density at radius 2 is 1.97 bits per heavy atom. The molecule has 2 fully saturated rings. The Morgan fingerprint density at radius 1 is 1.16 bits per heavy atom. The second-order valence-corrected chi connectivity index (χ2v) is 12.8. The number of rotatable bonds is 8. The number of aliphatic hydroxyl groups is 1. The van der Waals surface area contributed by atoms with Gasteiger partial charge in [0.25, 0.3) is 0 Å². The minimum atomic E-state index is -0.844. The van der Waals surface area contributed by atoms with Crippen LogP contribution in [0.2, 0.25) is 0 Å². The standard InChI is InChI=1S/C33H41NO4/c1-5-6-14-30(2,35)25-20-31-15-16-33(25,36-4)29-32(31)17-18-34(3)26(31)19-23-12-13-24(28(38-29)27(23)32)37-21-22-10-8-7-9-11-22/h7-13,15-16,25-26,29,35H,5-6,14,17-21H2,1-4H3/t25-,26-,29-,30-,31?,32+,33+/m1/s1. The zero-order valence-electron chi connectivity index (χ0n) is 23.2. The van der Waals surface area contributed by atoms with E-state index in [1.165, 1.54) is 11.1 Å². The fraction of sp³-hybridized carbons (Fsp3) is 0.576. The van der Waals surface area contributed by atoms with Gasteiger partial charge in [0.2, 0.25) is 0 Å². The van der Waals surface area contributed by atoms with Gasteiger partial charge in [-0.2, -0.15) is 0 Å². The summed E-state index contributed by atoms with van der Waals surface area (Å²) in [6, 6.07) is 15.1. The molecule has 4 aliphatic carbocycles. The molecule has 5 heteroatoms. The van der Waals surface area contributed by atoms with Crippen LogP contribution in [0, 0.1) is 11.3 Å². The van der Waals surface area contributed by atoms with Crippen LogP contribution in [0.3, 0.4) is 0 Å². The van der Waals surface area contributed by atoms with Gasteiger partial charge < -0.3 is 24.2 Å². The van der Waals surface area contributed by atoms with Crippen molar-refractivity contribution in [2.24, 2.45) is 11.3 Å². The maximum atomic E-state index is 12.0. The predicted molar refractivity (Wildman–Crippen MR) is 148 cm³/mol. The summed E-state index contributed by atoms with van der Waals surface area (Å²) in [5.74, 6) is 1.69.